The third kappa shape index (κ3) is 5.89. The first-order valence-corrected chi connectivity index (χ1v) is 10.6. The molecule has 3 nitrogen and oxygen atoms in total. The van der Waals surface area contributed by atoms with Crippen LogP contribution in [0.1, 0.15) is 27.0 Å². The van der Waals surface area contributed by atoms with Crippen molar-refractivity contribution in [1.82, 2.24) is 5.32 Å². The second-order valence-corrected chi connectivity index (χ2v) is 7.61. The van der Waals surface area contributed by atoms with Crippen LogP contribution in [0.2, 0.25) is 0 Å². The zero-order chi connectivity index (χ0) is 19.6. The molecule has 0 saturated carbocycles. The van der Waals surface area contributed by atoms with E-state index in [9.17, 15) is 4.79 Å². The summed E-state index contributed by atoms with van der Waals surface area (Å²) in [5.41, 5.74) is 4.30. The molecule has 0 radical (unpaired) electrons. The van der Waals surface area contributed by atoms with Crippen LogP contribution in [0.15, 0.2) is 78.9 Å². The molecule has 0 spiro atoms. The Kier molecular flexibility index (Phi) is 7.56. The molecule has 0 heterocycles. The lowest BCUT2D eigenvalue weighted by atomic mass is 10.1. The van der Waals surface area contributed by atoms with Gasteiger partial charge in [0.05, 0.1) is 5.56 Å². The van der Waals surface area contributed by atoms with Gasteiger partial charge in [0.2, 0.25) is 0 Å². The zero-order valence-corrected chi connectivity index (χ0v) is 16.9. The van der Waals surface area contributed by atoms with E-state index in [-0.39, 0.29) is 5.91 Å². The maximum Gasteiger partial charge on any atom is 0.255 e. The third-order valence-corrected chi connectivity index (χ3v) is 5.43. The Morgan fingerprint density at radius 2 is 1.64 bits per heavy atom. The molecule has 0 unspecified atom stereocenters. The maximum atomic E-state index is 12.6. The van der Waals surface area contributed by atoms with E-state index in [2.05, 4.69) is 36.5 Å². The van der Waals surface area contributed by atoms with Crippen molar-refractivity contribution in [2.24, 2.45) is 0 Å². The lowest BCUT2D eigenvalue weighted by Gasteiger charge is -2.12. The first-order valence-electron chi connectivity index (χ1n) is 9.40. The molecule has 0 saturated heterocycles. The number of thioether (sulfide) groups is 1. The van der Waals surface area contributed by atoms with Crippen LogP contribution < -0.4 is 10.1 Å². The largest absolute Gasteiger partial charge is 0.488 e. The van der Waals surface area contributed by atoms with Crippen LogP contribution >= 0.6 is 11.8 Å². The van der Waals surface area contributed by atoms with Gasteiger partial charge in [0.1, 0.15) is 12.4 Å². The van der Waals surface area contributed by atoms with E-state index < -0.39 is 0 Å². The Morgan fingerprint density at radius 3 is 2.46 bits per heavy atom. The summed E-state index contributed by atoms with van der Waals surface area (Å²) in [6, 6.07) is 25.7. The van der Waals surface area contributed by atoms with Crippen molar-refractivity contribution in [2.75, 3.05) is 12.3 Å². The third-order valence-electron chi connectivity index (χ3n) is 4.42. The minimum absolute atomic E-state index is 0.0971. The van der Waals surface area contributed by atoms with Gasteiger partial charge in [0.15, 0.2) is 0 Å². The molecule has 3 aromatic rings. The fraction of sp³-hybridized carbons (Fsp3) is 0.208. The van der Waals surface area contributed by atoms with E-state index in [0.717, 1.165) is 17.1 Å². The monoisotopic (exact) mass is 391 g/mol. The van der Waals surface area contributed by atoms with E-state index in [0.29, 0.717) is 24.5 Å². The SMILES string of the molecule is Cc1ccccc1CSCCNC(=O)c1ccccc1OCc1ccccc1. The molecule has 3 aromatic carbocycles. The summed E-state index contributed by atoms with van der Waals surface area (Å²) in [7, 11) is 0. The van der Waals surface area contributed by atoms with Gasteiger partial charge in [-0.15, -0.1) is 0 Å². The topological polar surface area (TPSA) is 38.3 Å². The molecule has 28 heavy (non-hydrogen) atoms. The van der Waals surface area contributed by atoms with Crippen LogP contribution in [0, 0.1) is 6.92 Å². The number of rotatable bonds is 9. The van der Waals surface area contributed by atoms with Gasteiger partial charge in [-0.1, -0.05) is 66.7 Å². The van der Waals surface area contributed by atoms with Gasteiger partial charge in [-0.2, -0.15) is 11.8 Å². The van der Waals surface area contributed by atoms with E-state index in [1.165, 1.54) is 11.1 Å². The second kappa shape index (κ2) is 10.6. The first kappa shape index (κ1) is 20.0. The second-order valence-electron chi connectivity index (χ2n) is 6.51. The van der Waals surface area contributed by atoms with E-state index in [1.807, 2.05) is 60.3 Å². The van der Waals surface area contributed by atoms with E-state index in [1.54, 1.807) is 6.07 Å². The van der Waals surface area contributed by atoms with Crippen LogP contribution in [0.5, 0.6) is 5.75 Å². The Bertz CT molecular complexity index is 896. The van der Waals surface area contributed by atoms with Crippen LogP contribution in [0.3, 0.4) is 0 Å². The van der Waals surface area contributed by atoms with Gasteiger partial charge in [-0.3, -0.25) is 4.79 Å². The normalized spacial score (nSPS) is 10.5. The minimum atomic E-state index is -0.0971. The van der Waals surface area contributed by atoms with Crippen LogP contribution in [-0.2, 0) is 12.4 Å². The molecule has 1 amide bonds. The van der Waals surface area contributed by atoms with Crippen LogP contribution in [-0.4, -0.2) is 18.2 Å². The van der Waals surface area contributed by atoms with Crippen molar-refractivity contribution in [3.63, 3.8) is 0 Å². The van der Waals surface area contributed by atoms with Gasteiger partial charge < -0.3 is 10.1 Å². The fourth-order valence-electron chi connectivity index (χ4n) is 2.80. The van der Waals surface area contributed by atoms with Crippen LogP contribution in [0.25, 0.3) is 0 Å². The molecule has 4 heteroatoms. The van der Waals surface area contributed by atoms with Gasteiger partial charge >= 0.3 is 0 Å². The number of benzene rings is 3. The highest BCUT2D eigenvalue weighted by molar-refractivity contribution is 7.98. The smallest absolute Gasteiger partial charge is 0.255 e. The Hall–Kier alpha value is -2.72. The fourth-order valence-corrected chi connectivity index (χ4v) is 3.74. The molecule has 1 N–H and O–H groups in total. The molecule has 0 atom stereocenters. The number of amides is 1. The molecule has 0 aliphatic carbocycles. The van der Waals surface area contributed by atoms with Gasteiger partial charge in [0.25, 0.3) is 5.91 Å². The van der Waals surface area contributed by atoms with Crippen molar-refractivity contribution in [1.29, 1.82) is 0 Å². The van der Waals surface area contributed by atoms with Crippen molar-refractivity contribution < 1.29 is 9.53 Å². The molecule has 3 rings (SSSR count). The van der Waals surface area contributed by atoms with Crippen molar-refractivity contribution in [3.05, 3.63) is 101 Å². The number of hydrogen-bond acceptors (Lipinski definition) is 3. The number of carbonyl (C=O) groups excluding carboxylic acids is 1. The summed E-state index contributed by atoms with van der Waals surface area (Å²) in [5.74, 6) is 2.34. The van der Waals surface area contributed by atoms with E-state index in [4.69, 9.17) is 4.74 Å². The number of nitrogens with one attached hydrogen (secondary N) is 1. The minimum Gasteiger partial charge on any atom is -0.488 e. The van der Waals surface area contributed by atoms with Crippen molar-refractivity contribution in [3.8, 4) is 5.75 Å². The standard InChI is InChI=1S/C24H25NO2S/c1-19-9-5-6-12-21(19)18-28-16-15-25-24(26)22-13-7-8-14-23(22)27-17-20-10-3-2-4-11-20/h2-14H,15-18H2,1H3,(H,25,26). The molecule has 0 aromatic heterocycles. The molecule has 144 valence electrons. The molecule has 0 aliphatic rings. The highest BCUT2D eigenvalue weighted by Crippen LogP contribution is 2.20. The maximum absolute atomic E-state index is 12.6. The lowest BCUT2D eigenvalue weighted by Crippen LogP contribution is -2.26. The van der Waals surface area contributed by atoms with Gasteiger partial charge in [0, 0.05) is 18.1 Å². The average Bonchev–Trinajstić information content (AvgIpc) is 2.74. The molecule has 0 aliphatic heterocycles. The summed E-state index contributed by atoms with van der Waals surface area (Å²) in [5, 5.41) is 3.00. The number of ether oxygens (including phenoxy) is 1. The Morgan fingerprint density at radius 1 is 0.929 bits per heavy atom. The zero-order valence-electron chi connectivity index (χ0n) is 16.1. The lowest BCUT2D eigenvalue weighted by molar-refractivity contribution is 0.0951. The summed E-state index contributed by atoms with van der Waals surface area (Å²) >= 11 is 1.82. The highest BCUT2D eigenvalue weighted by Gasteiger charge is 2.11. The summed E-state index contributed by atoms with van der Waals surface area (Å²) in [4.78, 5) is 12.6. The van der Waals surface area contributed by atoms with Crippen LogP contribution in [0.4, 0.5) is 0 Å². The first-order chi connectivity index (χ1) is 13.7. The molecular formula is C24H25NO2S. The quantitative estimate of drug-likeness (QED) is 0.507. The summed E-state index contributed by atoms with van der Waals surface area (Å²) in [6.07, 6.45) is 0. The van der Waals surface area contributed by atoms with E-state index >= 15 is 0 Å². The predicted octanol–water partition coefficient (Wildman–Crippen LogP) is 5.24. The Balaban J connectivity index is 1.47. The van der Waals surface area contributed by atoms with Crippen molar-refractivity contribution in [2.45, 2.75) is 19.3 Å². The number of carbonyl (C=O) groups is 1. The van der Waals surface area contributed by atoms with Gasteiger partial charge in [-0.05, 0) is 35.7 Å². The summed E-state index contributed by atoms with van der Waals surface area (Å²) < 4.78 is 5.88. The Labute approximate surface area is 171 Å². The average molecular weight is 392 g/mol. The number of hydrogen-bond donors (Lipinski definition) is 1. The molecule has 0 bridgehead atoms. The molecule has 0 fully saturated rings. The highest BCUT2D eigenvalue weighted by atomic mass is 32.2. The number of para-hydroxylation sites is 1. The number of aryl methyl sites for hydroxylation is 1. The molecular weight excluding hydrogens is 366 g/mol. The van der Waals surface area contributed by atoms with Crippen molar-refractivity contribution >= 4 is 17.7 Å². The predicted molar refractivity (Wildman–Crippen MR) is 117 cm³/mol. The summed E-state index contributed by atoms with van der Waals surface area (Å²) in [6.45, 7) is 3.20. The van der Waals surface area contributed by atoms with Gasteiger partial charge in [-0.25, -0.2) is 0 Å².